The van der Waals surface area contributed by atoms with Crippen molar-refractivity contribution in [2.45, 2.75) is 82.8 Å². The summed E-state index contributed by atoms with van der Waals surface area (Å²) in [6.45, 7) is 3.30. The number of nitrogens with zero attached hydrogens (tertiary/aromatic N) is 5. The van der Waals surface area contributed by atoms with Crippen LogP contribution in [0.15, 0.2) is 18.2 Å². The van der Waals surface area contributed by atoms with Gasteiger partial charge in [-0.05, 0) is 69.8 Å². The Morgan fingerprint density at radius 1 is 1.17 bits per heavy atom. The zero-order valence-corrected chi connectivity index (χ0v) is 21.4. The molecule has 9 nitrogen and oxygen atoms in total. The fourth-order valence-electron chi connectivity index (χ4n) is 6.11. The number of aryl methyl sites for hydroxylation is 1. The van der Waals surface area contributed by atoms with E-state index in [0.29, 0.717) is 43.2 Å². The van der Waals surface area contributed by atoms with E-state index in [-0.39, 0.29) is 0 Å². The molecule has 3 fully saturated rings. The summed E-state index contributed by atoms with van der Waals surface area (Å²) in [5.41, 5.74) is 3.12. The first-order valence-corrected chi connectivity index (χ1v) is 13.5. The molecule has 3 atom stereocenters. The molecule has 36 heavy (non-hydrogen) atoms. The molecule has 192 valence electrons. The minimum atomic E-state index is 0.310. The minimum Gasteiger partial charge on any atom is -0.377 e. The maximum atomic E-state index is 13.1. The zero-order chi connectivity index (χ0) is 24.6. The van der Waals surface area contributed by atoms with Gasteiger partial charge in [-0.25, -0.2) is 4.98 Å². The van der Waals surface area contributed by atoms with E-state index in [4.69, 9.17) is 14.7 Å². The largest absolute Gasteiger partial charge is 0.377 e. The fraction of sp³-hybridized carbons (Fsp3) is 0.630. The number of hydrogen-bond acceptors (Lipinski definition) is 7. The topological polar surface area (TPSA) is 99.3 Å². The van der Waals surface area contributed by atoms with Crippen molar-refractivity contribution < 1.29 is 9.53 Å². The maximum absolute atomic E-state index is 13.1. The Kier molecular flexibility index (Phi) is 6.41. The monoisotopic (exact) mass is 491 g/mol. The molecule has 2 aromatic heterocycles. The molecule has 3 aliphatic heterocycles. The molecule has 9 heteroatoms. The number of piperidine rings is 2. The first-order valence-electron chi connectivity index (χ1n) is 13.5. The van der Waals surface area contributed by atoms with Crippen molar-refractivity contribution in [1.29, 1.82) is 0 Å². The van der Waals surface area contributed by atoms with E-state index in [1.807, 2.05) is 19.1 Å². The first-order chi connectivity index (χ1) is 17.5. The number of rotatable bonds is 7. The molecule has 4 aliphatic rings. The number of ether oxygens (including phenoxy) is 1. The van der Waals surface area contributed by atoms with Crippen LogP contribution in [0.1, 0.15) is 69.2 Å². The van der Waals surface area contributed by atoms with Gasteiger partial charge in [-0.2, -0.15) is 10.1 Å². The highest BCUT2D eigenvalue weighted by Gasteiger charge is 2.43. The molecule has 1 saturated carbocycles. The summed E-state index contributed by atoms with van der Waals surface area (Å²) in [5, 5.41) is 10.7. The number of fused-ring (bicyclic) bond motifs is 2. The van der Waals surface area contributed by atoms with Gasteiger partial charge in [-0.3, -0.25) is 9.89 Å². The number of carbonyl (C=O) groups is 1. The summed E-state index contributed by atoms with van der Waals surface area (Å²) in [6.07, 6.45) is 11.6. The number of aromatic amines is 1. The Balaban J connectivity index is 1.25. The molecule has 1 aliphatic carbocycles. The van der Waals surface area contributed by atoms with Crippen molar-refractivity contribution in [2.75, 3.05) is 30.5 Å². The number of aromatic nitrogens is 4. The second-order valence-electron chi connectivity index (χ2n) is 11.0. The Morgan fingerprint density at radius 2 is 1.97 bits per heavy atom. The second kappa shape index (κ2) is 9.84. The van der Waals surface area contributed by atoms with Crippen LogP contribution >= 0.6 is 0 Å². The third kappa shape index (κ3) is 4.98. The van der Waals surface area contributed by atoms with Gasteiger partial charge in [0.15, 0.2) is 5.82 Å². The number of hydrogen-bond donors (Lipinski definition) is 2. The van der Waals surface area contributed by atoms with Gasteiger partial charge in [-0.1, -0.05) is 6.08 Å². The van der Waals surface area contributed by atoms with Crippen LogP contribution < -0.4 is 10.2 Å². The van der Waals surface area contributed by atoms with Gasteiger partial charge >= 0.3 is 0 Å². The van der Waals surface area contributed by atoms with E-state index in [1.165, 1.54) is 24.8 Å². The number of amides is 1. The van der Waals surface area contributed by atoms with Crippen LogP contribution in [0.25, 0.3) is 5.57 Å². The Hall–Kier alpha value is -2.94. The number of nitrogens with one attached hydrogen (secondary N) is 2. The standard InChI is InChI=1S/C27H37N7O2/c1-17-12-25(32-31-17)29-24-16-23(19-8-10-36-11-9-19)28-27(30-24)33(2)22-14-20-4-3-5-21(15-22)34(20)26(35)13-18-6-7-18/h8,12,16,18,20-22H,3-7,9-11,13-15H2,1-2H3,(H2,28,29,30,31,32)/t20-,21+,22+. The number of anilines is 3. The van der Waals surface area contributed by atoms with E-state index >= 15 is 0 Å². The molecule has 5 heterocycles. The smallest absolute Gasteiger partial charge is 0.227 e. The zero-order valence-electron chi connectivity index (χ0n) is 21.4. The minimum absolute atomic E-state index is 0.310. The lowest BCUT2D eigenvalue weighted by Crippen LogP contribution is -2.58. The molecule has 2 N–H and O–H groups in total. The SMILES string of the molecule is Cc1cc(Nc2cc(C3=CCOCC3)nc(N(C)[C@H]3C[C@H]4CCC[C@@H](C3)N4C(=O)CC3CC3)n2)n[nH]1. The van der Waals surface area contributed by atoms with Crippen LogP contribution in [0.5, 0.6) is 0 Å². The first kappa shape index (κ1) is 23.5. The van der Waals surface area contributed by atoms with Gasteiger partial charge in [0.25, 0.3) is 0 Å². The highest BCUT2D eigenvalue weighted by molar-refractivity contribution is 5.78. The molecule has 2 bridgehead atoms. The fourth-order valence-corrected chi connectivity index (χ4v) is 6.11. The van der Waals surface area contributed by atoms with Gasteiger partial charge < -0.3 is 19.9 Å². The van der Waals surface area contributed by atoms with Crippen molar-refractivity contribution >= 4 is 29.1 Å². The van der Waals surface area contributed by atoms with E-state index in [2.05, 4.69) is 38.4 Å². The van der Waals surface area contributed by atoms with Crippen LogP contribution in [-0.4, -0.2) is 69.4 Å². The molecule has 2 aromatic rings. The quantitative estimate of drug-likeness (QED) is 0.599. The molecular formula is C27H37N7O2. The van der Waals surface area contributed by atoms with E-state index < -0.39 is 0 Å². The molecule has 0 spiro atoms. The van der Waals surface area contributed by atoms with Crippen LogP contribution in [0.3, 0.4) is 0 Å². The van der Waals surface area contributed by atoms with E-state index in [9.17, 15) is 4.79 Å². The molecule has 6 rings (SSSR count). The second-order valence-corrected chi connectivity index (χ2v) is 11.0. The highest BCUT2D eigenvalue weighted by atomic mass is 16.5. The molecule has 0 radical (unpaired) electrons. The maximum Gasteiger partial charge on any atom is 0.227 e. The molecule has 2 saturated heterocycles. The summed E-state index contributed by atoms with van der Waals surface area (Å²) in [4.78, 5) is 27.5. The lowest BCUT2D eigenvalue weighted by atomic mass is 9.81. The summed E-state index contributed by atoms with van der Waals surface area (Å²) in [5.74, 6) is 3.22. The molecule has 0 aromatic carbocycles. The van der Waals surface area contributed by atoms with Crippen molar-refractivity contribution in [3.8, 4) is 0 Å². The van der Waals surface area contributed by atoms with Crippen LogP contribution in [-0.2, 0) is 9.53 Å². The van der Waals surface area contributed by atoms with Gasteiger partial charge in [-0.15, -0.1) is 0 Å². The lowest BCUT2D eigenvalue weighted by Gasteiger charge is -2.50. The average molecular weight is 492 g/mol. The lowest BCUT2D eigenvalue weighted by molar-refractivity contribution is -0.141. The van der Waals surface area contributed by atoms with Gasteiger partial charge in [0.1, 0.15) is 5.82 Å². The van der Waals surface area contributed by atoms with Gasteiger partial charge in [0.2, 0.25) is 11.9 Å². The number of carbonyl (C=O) groups excluding carboxylic acids is 1. The van der Waals surface area contributed by atoms with Gasteiger partial charge in [0, 0.05) is 49.4 Å². The molecular weight excluding hydrogens is 454 g/mol. The highest BCUT2D eigenvalue weighted by Crippen LogP contribution is 2.40. The summed E-state index contributed by atoms with van der Waals surface area (Å²) >= 11 is 0. The third-order valence-electron chi connectivity index (χ3n) is 8.23. The van der Waals surface area contributed by atoms with Crippen molar-refractivity contribution in [3.05, 3.63) is 29.6 Å². The summed E-state index contributed by atoms with van der Waals surface area (Å²) in [6, 6.07) is 4.95. The predicted molar refractivity (Wildman–Crippen MR) is 139 cm³/mol. The average Bonchev–Trinajstić information content (AvgIpc) is 3.61. The van der Waals surface area contributed by atoms with Crippen molar-refractivity contribution in [3.63, 3.8) is 0 Å². The van der Waals surface area contributed by atoms with Gasteiger partial charge in [0.05, 0.1) is 18.9 Å². The van der Waals surface area contributed by atoms with E-state index in [1.54, 1.807) is 0 Å². The Morgan fingerprint density at radius 3 is 2.64 bits per heavy atom. The van der Waals surface area contributed by atoms with Crippen LogP contribution in [0.2, 0.25) is 0 Å². The van der Waals surface area contributed by atoms with Crippen molar-refractivity contribution in [2.24, 2.45) is 5.92 Å². The third-order valence-corrected chi connectivity index (χ3v) is 8.23. The predicted octanol–water partition coefficient (Wildman–Crippen LogP) is 4.20. The Labute approximate surface area is 212 Å². The normalized spacial score (nSPS) is 25.9. The van der Waals surface area contributed by atoms with Crippen molar-refractivity contribution in [1.82, 2.24) is 25.1 Å². The van der Waals surface area contributed by atoms with E-state index in [0.717, 1.165) is 67.5 Å². The summed E-state index contributed by atoms with van der Waals surface area (Å²) < 4.78 is 5.53. The van der Waals surface area contributed by atoms with Crippen LogP contribution in [0.4, 0.5) is 17.6 Å². The molecule has 0 unspecified atom stereocenters. The Bertz CT molecular complexity index is 1130. The molecule has 1 amide bonds. The summed E-state index contributed by atoms with van der Waals surface area (Å²) in [7, 11) is 2.11. The number of H-pyrrole nitrogens is 1. The van der Waals surface area contributed by atoms with Crippen LogP contribution in [0, 0.1) is 12.8 Å².